The number of benzene rings is 3. The first-order chi connectivity index (χ1) is 11.7. The van der Waals surface area contributed by atoms with Gasteiger partial charge in [0.25, 0.3) is 0 Å². The third kappa shape index (κ3) is 2.63. The van der Waals surface area contributed by atoms with Crippen LogP contribution in [0, 0.1) is 5.82 Å². The van der Waals surface area contributed by atoms with Crippen molar-refractivity contribution in [1.29, 1.82) is 0 Å². The fourth-order valence-electron chi connectivity index (χ4n) is 2.68. The minimum atomic E-state index is -0.343. The van der Waals surface area contributed by atoms with Crippen molar-refractivity contribution in [3.05, 3.63) is 83.6 Å². The highest BCUT2D eigenvalue weighted by atomic mass is 35.5. The van der Waals surface area contributed by atoms with Gasteiger partial charge in [-0.25, -0.2) is 14.4 Å². The quantitative estimate of drug-likeness (QED) is 0.466. The highest BCUT2D eigenvalue weighted by Crippen LogP contribution is 2.31. The van der Waals surface area contributed by atoms with Crippen LogP contribution >= 0.6 is 11.6 Å². The number of aromatic nitrogens is 2. The van der Waals surface area contributed by atoms with E-state index in [2.05, 4.69) is 9.97 Å². The fourth-order valence-corrected chi connectivity index (χ4v) is 2.85. The molecule has 0 unspecified atom stereocenters. The standard InChI is InChI=1S/C20H12ClFN2/c21-14-10-11-18-16(12-14)19(13-6-2-1-3-7-13)24-20(23-18)15-8-4-5-9-17(15)22/h1-12H. The average molecular weight is 335 g/mol. The zero-order chi connectivity index (χ0) is 16.5. The molecule has 0 atom stereocenters. The van der Waals surface area contributed by atoms with Crippen LogP contribution in [-0.4, -0.2) is 9.97 Å². The predicted octanol–water partition coefficient (Wildman–Crippen LogP) is 5.76. The SMILES string of the molecule is Fc1ccccc1-c1nc(-c2ccccc2)c2cc(Cl)ccc2n1. The maximum Gasteiger partial charge on any atom is 0.163 e. The molecular weight excluding hydrogens is 323 g/mol. The number of halogens is 2. The van der Waals surface area contributed by atoms with Crippen LogP contribution < -0.4 is 0 Å². The Morgan fingerprint density at radius 2 is 1.54 bits per heavy atom. The molecule has 0 saturated carbocycles. The molecule has 0 spiro atoms. The van der Waals surface area contributed by atoms with Gasteiger partial charge in [0.05, 0.1) is 16.8 Å². The molecule has 24 heavy (non-hydrogen) atoms. The second-order valence-corrected chi connectivity index (χ2v) is 5.84. The van der Waals surface area contributed by atoms with Gasteiger partial charge in [-0.2, -0.15) is 0 Å². The Hall–Kier alpha value is -2.78. The lowest BCUT2D eigenvalue weighted by molar-refractivity contribution is 0.630. The molecule has 0 N–H and O–H groups in total. The third-order valence-electron chi connectivity index (χ3n) is 3.82. The number of fused-ring (bicyclic) bond motifs is 1. The Labute approximate surface area is 143 Å². The normalized spacial score (nSPS) is 10.9. The summed E-state index contributed by atoms with van der Waals surface area (Å²) in [6, 6.07) is 21.7. The zero-order valence-electron chi connectivity index (χ0n) is 12.6. The Kier molecular flexibility index (Phi) is 3.71. The largest absolute Gasteiger partial charge is 0.228 e. The van der Waals surface area contributed by atoms with E-state index in [1.54, 1.807) is 24.3 Å². The first-order valence-electron chi connectivity index (χ1n) is 7.50. The molecule has 0 aliphatic heterocycles. The van der Waals surface area contributed by atoms with Crippen molar-refractivity contribution >= 4 is 22.5 Å². The summed E-state index contributed by atoms with van der Waals surface area (Å²) < 4.78 is 14.2. The van der Waals surface area contributed by atoms with Gasteiger partial charge in [-0.05, 0) is 30.3 Å². The second kappa shape index (κ2) is 6.02. The molecule has 1 aromatic heterocycles. The van der Waals surface area contributed by atoms with Crippen molar-refractivity contribution in [3.63, 3.8) is 0 Å². The summed E-state index contributed by atoms with van der Waals surface area (Å²) in [6.07, 6.45) is 0. The number of rotatable bonds is 2. The smallest absolute Gasteiger partial charge is 0.163 e. The molecule has 0 radical (unpaired) electrons. The van der Waals surface area contributed by atoms with E-state index in [1.807, 2.05) is 42.5 Å². The van der Waals surface area contributed by atoms with Crippen LogP contribution in [0.5, 0.6) is 0 Å². The lowest BCUT2D eigenvalue weighted by Crippen LogP contribution is -1.96. The van der Waals surface area contributed by atoms with Crippen molar-refractivity contribution in [1.82, 2.24) is 9.97 Å². The Bertz CT molecular complexity index is 1030. The number of hydrogen-bond donors (Lipinski definition) is 0. The molecule has 116 valence electrons. The molecule has 0 saturated heterocycles. The van der Waals surface area contributed by atoms with Gasteiger partial charge in [0.1, 0.15) is 5.82 Å². The minimum Gasteiger partial charge on any atom is -0.228 e. The van der Waals surface area contributed by atoms with E-state index in [-0.39, 0.29) is 5.82 Å². The topological polar surface area (TPSA) is 25.8 Å². The second-order valence-electron chi connectivity index (χ2n) is 5.40. The van der Waals surface area contributed by atoms with Crippen molar-refractivity contribution in [2.24, 2.45) is 0 Å². The van der Waals surface area contributed by atoms with E-state index in [1.165, 1.54) is 6.07 Å². The van der Waals surface area contributed by atoms with Crippen molar-refractivity contribution in [3.8, 4) is 22.6 Å². The molecule has 1 heterocycles. The zero-order valence-corrected chi connectivity index (χ0v) is 13.3. The van der Waals surface area contributed by atoms with Crippen molar-refractivity contribution in [2.75, 3.05) is 0 Å². The van der Waals surface area contributed by atoms with Gasteiger partial charge in [-0.3, -0.25) is 0 Å². The molecule has 0 fully saturated rings. The van der Waals surface area contributed by atoms with E-state index in [0.29, 0.717) is 16.4 Å². The van der Waals surface area contributed by atoms with E-state index in [9.17, 15) is 4.39 Å². The molecule has 4 rings (SSSR count). The summed E-state index contributed by atoms with van der Waals surface area (Å²) in [6.45, 7) is 0. The summed E-state index contributed by atoms with van der Waals surface area (Å²) in [4.78, 5) is 9.16. The molecule has 3 aromatic carbocycles. The molecular formula is C20H12ClFN2. The van der Waals surface area contributed by atoms with E-state index >= 15 is 0 Å². The van der Waals surface area contributed by atoms with Gasteiger partial charge in [-0.1, -0.05) is 54.1 Å². The van der Waals surface area contributed by atoms with Gasteiger partial charge in [-0.15, -0.1) is 0 Å². The Balaban J connectivity index is 2.05. The maximum absolute atomic E-state index is 14.2. The first kappa shape index (κ1) is 14.8. The predicted molar refractivity (Wildman–Crippen MR) is 95.4 cm³/mol. The van der Waals surface area contributed by atoms with E-state index in [4.69, 9.17) is 11.6 Å². The van der Waals surface area contributed by atoms with Gasteiger partial charge < -0.3 is 0 Å². The Morgan fingerprint density at radius 3 is 2.33 bits per heavy atom. The average Bonchev–Trinajstić information content (AvgIpc) is 2.62. The van der Waals surface area contributed by atoms with Gasteiger partial charge in [0.15, 0.2) is 5.82 Å². The third-order valence-corrected chi connectivity index (χ3v) is 4.05. The first-order valence-corrected chi connectivity index (χ1v) is 7.88. The van der Waals surface area contributed by atoms with Crippen LogP contribution in [0.1, 0.15) is 0 Å². The van der Waals surface area contributed by atoms with Crippen molar-refractivity contribution < 1.29 is 4.39 Å². The Morgan fingerprint density at radius 1 is 0.792 bits per heavy atom. The summed E-state index contributed by atoms with van der Waals surface area (Å²) in [5.74, 6) is 0.0200. The van der Waals surface area contributed by atoms with Crippen LogP contribution in [0.25, 0.3) is 33.5 Å². The number of hydrogen-bond acceptors (Lipinski definition) is 2. The minimum absolute atomic E-state index is 0.343. The summed E-state index contributed by atoms with van der Waals surface area (Å²) in [5, 5.41) is 1.45. The van der Waals surface area contributed by atoms with Gasteiger partial charge in [0, 0.05) is 16.0 Å². The molecule has 0 amide bonds. The van der Waals surface area contributed by atoms with Crippen LogP contribution in [0.2, 0.25) is 5.02 Å². The van der Waals surface area contributed by atoms with Crippen LogP contribution in [0.15, 0.2) is 72.8 Å². The molecule has 0 aliphatic rings. The van der Waals surface area contributed by atoms with E-state index < -0.39 is 0 Å². The van der Waals surface area contributed by atoms with Gasteiger partial charge >= 0.3 is 0 Å². The summed E-state index contributed by atoms with van der Waals surface area (Å²) >= 11 is 6.14. The molecule has 4 aromatic rings. The van der Waals surface area contributed by atoms with Crippen molar-refractivity contribution in [2.45, 2.75) is 0 Å². The van der Waals surface area contributed by atoms with Crippen LogP contribution in [-0.2, 0) is 0 Å². The lowest BCUT2D eigenvalue weighted by atomic mass is 10.1. The summed E-state index contributed by atoms with van der Waals surface area (Å²) in [7, 11) is 0. The summed E-state index contributed by atoms with van der Waals surface area (Å²) in [5.41, 5.74) is 2.78. The lowest BCUT2D eigenvalue weighted by Gasteiger charge is -2.10. The van der Waals surface area contributed by atoms with Crippen LogP contribution in [0.3, 0.4) is 0 Å². The molecule has 2 nitrogen and oxygen atoms in total. The highest BCUT2D eigenvalue weighted by molar-refractivity contribution is 6.31. The number of nitrogens with zero attached hydrogens (tertiary/aromatic N) is 2. The monoisotopic (exact) mass is 334 g/mol. The highest BCUT2D eigenvalue weighted by Gasteiger charge is 2.13. The van der Waals surface area contributed by atoms with Gasteiger partial charge in [0.2, 0.25) is 0 Å². The maximum atomic E-state index is 14.2. The molecule has 0 aliphatic carbocycles. The van der Waals surface area contributed by atoms with Crippen LogP contribution in [0.4, 0.5) is 4.39 Å². The molecule has 0 bridgehead atoms. The molecule has 4 heteroatoms. The van der Waals surface area contributed by atoms with E-state index in [0.717, 1.165) is 22.2 Å². The fraction of sp³-hybridized carbons (Fsp3) is 0.